The molecular weight excluding hydrogens is 294 g/mol. The molecule has 8 nitrogen and oxygen atoms in total. The highest BCUT2D eigenvalue weighted by Gasteiger charge is 2.48. The van der Waals surface area contributed by atoms with Crippen molar-refractivity contribution >= 4 is 0 Å². The zero-order chi connectivity index (χ0) is 16.4. The maximum absolute atomic E-state index is 10.2. The van der Waals surface area contributed by atoms with E-state index >= 15 is 0 Å². The van der Waals surface area contributed by atoms with Crippen LogP contribution in [0.5, 0.6) is 0 Å². The van der Waals surface area contributed by atoms with Crippen LogP contribution in [-0.4, -0.2) is 83.6 Å². The Morgan fingerprint density at radius 2 is 1.86 bits per heavy atom. The Kier molecular flexibility index (Phi) is 6.14. The first-order valence-electron chi connectivity index (χ1n) is 7.63. The molecule has 2 aliphatic rings. The fourth-order valence-electron chi connectivity index (χ4n) is 3.29. The van der Waals surface area contributed by atoms with Crippen molar-refractivity contribution in [2.75, 3.05) is 20.3 Å². The van der Waals surface area contributed by atoms with Gasteiger partial charge in [-0.1, -0.05) is 6.92 Å². The predicted molar refractivity (Wildman–Crippen MR) is 75.8 cm³/mol. The molecule has 2 rings (SSSR count). The van der Waals surface area contributed by atoms with Crippen molar-refractivity contribution in [2.45, 2.75) is 56.3 Å². The van der Waals surface area contributed by atoms with E-state index in [9.17, 15) is 20.4 Å². The fraction of sp³-hybridized carbons (Fsp3) is 1.00. The molecule has 0 bridgehead atoms. The summed E-state index contributed by atoms with van der Waals surface area (Å²) >= 11 is 0. The molecule has 1 saturated heterocycles. The zero-order valence-corrected chi connectivity index (χ0v) is 12.9. The third kappa shape index (κ3) is 3.29. The smallest absolute Gasteiger partial charge is 0.186 e. The van der Waals surface area contributed by atoms with Gasteiger partial charge < -0.3 is 40.4 Å². The molecule has 22 heavy (non-hydrogen) atoms. The van der Waals surface area contributed by atoms with Gasteiger partial charge in [0, 0.05) is 18.9 Å². The third-order valence-electron chi connectivity index (χ3n) is 4.83. The lowest BCUT2D eigenvalue weighted by atomic mass is 9.76. The molecule has 1 saturated carbocycles. The topological polar surface area (TPSA) is 135 Å². The van der Waals surface area contributed by atoms with Gasteiger partial charge in [0.2, 0.25) is 0 Å². The quantitative estimate of drug-likeness (QED) is 0.385. The van der Waals surface area contributed by atoms with E-state index in [-0.39, 0.29) is 25.0 Å². The van der Waals surface area contributed by atoms with Crippen LogP contribution in [0.3, 0.4) is 0 Å². The molecule has 8 heteroatoms. The minimum atomic E-state index is -1.03. The Labute approximate surface area is 129 Å². The van der Waals surface area contributed by atoms with Crippen molar-refractivity contribution in [3.8, 4) is 0 Å². The molecule has 9 atom stereocenters. The van der Waals surface area contributed by atoms with Crippen molar-refractivity contribution in [3.05, 3.63) is 0 Å². The van der Waals surface area contributed by atoms with Crippen LogP contribution in [0.2, 0.25) is 0 Å². The summed E-state index contributed by atoms with van der Waals surface area (Å²) in [5, 5.41) is 39.7. The van der Waals surface area contributed by atoms with Gasteiger partial charge in [-0.25, -0.2) is 0 Å². The summed E-state index contributed by atoms with van der Waals surface area (Å²) in [6, 6.07) is 0. The van der Waals surface area contributed by atoms with Crippen molar-refractivity contribution in [2.24, 2.45) is 17.6 Å². The number of rotatable bonds is 5. The summed E-state index contributed by atoms with van der Waals surface area (Å²) in [6.07, 6.45) is -5.12. The number of aliphatic hydroxyl groups is 4. The first kappa shape index (κ1) is 18.0. The summed E-state index contributed by atoms with van der Waals surface area (Å²) in [7, 11) is 1.40. The van der Waals surface area contributed by atoms with E-state index in [0.717, 1.165) is 0 Å². The molecular formula is C14H27NO7. The second-order valence-electron chi connectivity index (χ2n) is 6.16. The maximum atomic E-state index is 10.2. The summed E-state index contributed by atoms with van der Waals surface area (Å²) in [5.41, 5.74) is 5.64. The number of hydrogen-bond acceptors (Lipinski definition) is 8. The SMILES string of the molecule is COC1O[C@H](CO)[C@@H](O[C@H]2C[C@@H](CN)[C@@H](O)[C@H](O)[C@H]2C)[C@H]1O. The van der Waals surface area contributed by atoms with Gasteiger partial charge in [-0.3, -0.25) is 0 Å². The van der Waals surface area contributed by atoms with Gasteiger partial charge in [0.05, 0.1) is 24.9 Å². The van der Waals surface area contributed by atoms with Gasteiger partial charge in [-0.05, 0) is 13.0 Å². The Hall–Kier alpha value is -0.320. The lowest BCUT2D eigenvalue weighted by Gasteiger charge is -2.42. The minimum Gasteiger partial charge on any atom is -0.394 e. The lowest BCUT2D eigenvalue weighted by molar-refractivity contribution is -0.170. The predicted octanol–water partition coefficient (Wildman–Crippen LogP) is -2.20. The molecule has 130 valence electrons. The second kappa shape index (κ2) is 7.50. The zero-order valence-electron chi connectivity index (χ0n) is 12.9. The standard InChI is InChI=1S/C14H27NO7/c1-6-8(3-7(4-15)11(18)10(6)17)21-13-9(5-16)22-14(20-2)12(13)19/h6-14,16-19H,3-5,15H2,1-2H3/t6-,7-,8-,9+,10+,11+,12+,13+,14?/m0/s1. The summed E-state index contributed by atoms with van der Waals surface area (Å²) < 4.78 is 16.3. The second-order valence-corrected chi connectivity index (χ2v) is 6.16. The van der Waals surface area contributed by atoms with E-state index < -0.39 is 42.9 Å². The molecule has 0 spiro atoms. The van der Waals surface area contributed by atoms with E-state index in [0.29, 0.717) is 6.42 Å². The number of ether oxygens (including phenoxy) is 3. The maximum Gasteiger partial charge on any atom is 0.186 e. The molecule has 1 aliphatic carbocycles. The van der Waals surface area contributed by atoms with Gasteiger partial charge >= 0.3 is 0 Å². The van der Waals surface area contributed by atoms with Crippen molar-refractivity contribution in [3.63, 3.8) is 0 Å². The molecule has 0 aromatic heterocycles. The highest BCUT2D eigenvalue weighted by Crippen LogP contribution is 2.35. The number of methoxy groups -OCH3 is 1. The van der Waals surface area contributed by atoms with E-state index in [4.69, 9.17) is 19.9 Å². The molecule has 0 aromatic rings. The van der Waals surface area contributed by atoms with Crippen LogP contribution in [0, 0.1) is 11.8 Å². The first-order chi connectivity index (χ1) is 10.4. The average molecular weight is 321 g/mol. The number of aliphatic hydroxyl groups excluding tert-OH is 4. The van der Waals surface area contributed by atoms with Crippen LogP contribution in [0.4, 0.5) is 0 Å². The largest absolute Gasteiger partial charge is 0.394 e. The fourth-order valence-corrected chi connectivity index (χ4v) is 3.29. The lowest BCUT2D eigenvalue weighted by Crippen LogP contribution is -2.53. The third-order valence-corrected chi connectivity index (χ3v) is 4.83. The highest BCUT2D eigenvalue weighted by atomic mass is 16.7. The van der Waals surface area contributed by atoms with Crippen molar-refractivity contribution in [1.29, 1.82) is 0 Å². The van der Waals surface area contributed by atoms with E-state index in [1.165, 1.54) is 7.11 Å². The van der Waals surface area contributed by atoms with Crippen LogP contribution in [0.15, 0.2) is 0 Å². The van der Waals surface area contributed by atoms with Crippen LogP contribution in [0.25, 0.3) is 0 Å². The molecule has 2 fully saturated rings. The van der Waals surface area contributed by atoms with E-state index in [2.05, 4.69) is 0 Å². The molecule has 0 amide bonds. The van der Waals surface area contributed by atoms with Gasteiger partial charge in [0.1, 0.15) is 18.3 Å². The molecule has 1 unspecified atom stereocenters. The van der Waals surface area contributed by atoms with Gasteiger partial charge in [0.25, 0.3) is 0 Å². The Balaban J connectivity index is 2.07. The molecule has 1 heterocycles. The van der Waals surface area contributed by atoms with Crippen LogP contribution in [-0.2, 0) is 14.2 Å². The number of nitrogens with two attached hydrogens (primary N) is 1. The van der Waals surface area contributed by atoms with Crippen LogP contribution < -0.4 is 5.73 Å². The molecule has 0 aromatic carbocycles. The highest BCUT2D eigenvalue weighted by molar-refractivity contribution is 4.95. The monoisotopic (exact) mass is 321 g/mol. The van der Waals surface area contributed by atoms with Crippen molar-refractivity contribution < 1.29 is 34.6 Å². The van der Waals surface area contributed by atoms with Gasteiger partial charge in [-0.15, -0.1) is 0 Å². The van der Waals surface area contributed by atoms with E-state index in [1.807, 2.05) is 0 Å². The van der Waals surface area contributed by atoms with E-state index in [1.54, 1.807) is 6.92 Å². The average Bonchev–Trinajstić information content (AvgIpc) is 2.83. The first-order valence-corrected chi connectivity index (χ1v) is 7.63. The van der Waals surface area contributed by atoms with Crippen LogP contribution >= 0.6 is 0 Å². The molecule has 1 aliphatic heterocycles. The van der Waals surface area contributed by atoms with Crippen molar-refractivity contribution in [1.82, 2.24) is 0 Å². The molecule has 6 N–H and O–H groups in total. The van der Waals surface area contributed by atoms with Gasteiger partial charge in [0.15, 0.2) is 6.29 Å². The van der Waals surface area contributed by atoms with Gasteiger partial charge in [-0.2, -0.15) is 0 Å². The summed E-state index contributed by atoms with van der Waals surface area (Å²) in [4.78, 5) is 0. The molecule has 0 radical (unpaired) electrons. The Bertz CT molecular complexity index is 354. The summed E-state index contributed by atoms with van der Waals surface area (Å²) in [5.74, 6) is -0.604. The van der Waals surface area contributed by atoms with Crippen LogP contribution in [0.1, 0.15) is 13.3 Å². The Morgan fingerprint density at radius 3 is 2.41 bits per heavy atom. The summed E-state index contributed by atoms with van der Waals surface area (Å²) in [6.45, 7) is 1.70. The Morgan fingerprint density at radius 1 is 1.18 bits per heavy atom. The number of hydrogen-bond donors (Lipinski definition) is 5. The minimum absolute atomic E-state index is 0.235. The normalized spacial score (nSPS) is 49.5.